The molecule has 0 aromatic heterocycles. The van der Waals surface area contributed by atoms with E-state index in [1.807, 2.05) is 32.0 Å². The van der Waals surface area contributed by atoms with Gasteiger partial charge in [-0.05, 0) is 49.2 Å². The topological polar surface area (TPSA) is 46.6 Å². The molecule has 128 valence electrons. The van der Waals surface area contributed by atoms with Crippen LogP contribution in [0.5, 0.6) is 0 Å². The number of nitrogens with zero attached hydrogens (tertiary/aromatic N) is 1. The molecule has 1 aliphatic heterocycles. The summed E-state index contributed by atoms with van der Waals surface area (Å²) in [6.07, 6.45) is 1.70. The van der Waals surface area contributed by atoms with Crippen LogP contribution in [0.3, 0.4) is 0 Å². The average molecular weight is 356 g/mol. The van der Waals surface area contributed by atoms with Crippen LogP contribution in [-0.4, -0.2) is 22.5 Å². The first-order valence-corrected chi connectivity index (χ1v) is 8.42. The van der Waals surface area contributed by atoms with Gasteiger partial charge in [0, 0.05) is 10.6 Å². The molecule has 0 N–H and O–H groups in total. The summed E-state index contributed by atoms with van der Waals surface area (Å²) in [5, 5.41) is 0.622. The fourth-order valence-corrected chi connectivity index (χ4v) is 2.84. The zero-order valence-corrected chi connectivity index (χ0v) is 14.8. The molecule has 0 aliphatic carbocycles. The molecule has 1 heterocycles. The lowest BCUT2D eigenvalue weighted by Crippen LogP contribution is -2.33. The van der Waals surface area contributed by atoms with Crippen LogP contribution in [0.1, 0.15) is 36.2 Å². The summed E-state index contributed by atoms with van der Waals surface area (Å²) in [5.74, 6) is -0.400. The van der Waals surface area contributed by atoms with Crippen molar-refractivity contribution < 1.29 is 14.3 Å². The van der Waals surface area contributed by atoms with Gasteiger partial charge >= 0.3 is 6.09 Å². The maximum atomic E-state index is 12.9. The summed E-state index contributed by atoms with van der Waals surface area (Å²) < 4.78 is 5.53. The normalized spacial score (nSPS) is 21.5. The van der Waals surface area contributed by atoms with Gasteiger partial charge in [-0.2, -0.15) is 0 Å². The van der Waals surface area contributed by atoms with Gasteiger partial charge in [-0.3, -0.25) is 4.79 Å². The van der Waals surface area contributed by atoms with Gasteiger partial charge in [0.2, 0.25) is 0 Å². The Hall–Kier alpha value is -2.59. The van der Waals surface area contributed by atoms with E-state index in [1.165, 1.54) is 0 Å². The molecule has 1 saturated heterocycles. The van der Waals surface area contributed by atoms with E-state index in [9.17, 15) is 9.59 Å². The fourth-order valence-electron chi connectivity index (χ4n) is 2.71. The van der Waals surface area contributed by atoms with Crippen molar-refractivity contribution in [3.63, 3.8) is 0 Å². The number of hydrogen-bond donors (Lipinski definition) is 0. The monoisotopic (exact) mass is 355 g/mol. The van der Waals surface area contributed by atoms with Crippen LogP contribution in [-0.2, 0) is 4.74 Å². The SMILES string of the molecule is CCC1(C)OC(=O)N(C(=O)c2ccccc2)/C1=C\c1ccc(Cl)cc1. The average Bonchev–Trinajstić information content (AvgIpc) is 2.87. The lowest BCUT2D eigenvalue weighted by molar-refractivity contribution is 0.0738. The summed E-state index contributed by atoms with van der Waals surface area (Å²) in [7, 11) is 0. The van der Waals surface area contributed by atoms with Crippen LogP contribution < -0.4 is 0 Å². The number of ether oxygens (including phenoxy) is 1. The predicted octanol–water partition coefficient (Wildman–Crippen LogP) is 5.14. The Morgan fingerprint density at radius 1 is 1.16 bits per heavy atom. The van der Waals surface area contributed by atoms with Crippen molar-refractivity contribution in [1.29, 1.82) is 0 Å². The number of carbonyl (C=O) groups is 2. The molecule has 1 atom stereocenters. The van der Waals surface area contributed by atoms with Gasteiger partial charge in [-0.1, -0.05) is 48.9 Å². The molecule has 3 rings (SSSR count). The molecule has 0 saturated carbocycles. The van der Waals surface area contributed by atoms with Crippen molar-refractivity contribution in [1.82, 2.24) is 4.90 Å². The highest BCUT2D eigenvalue weighted by atomic mass is 35.5. The number of amides is 2. The summed E-state index contributed by atoms with van der Waals surface area (Å²) in [6.45, 7) is 3.73. The molecule has 4 nitrogen and oxygen atoms in total. The van der Waals surface area contributed by atoms with Gasteiger partial charge in [0.05, 0.1) is 5.70 Å². The quantitative estimate of drug-likeness (QED) is 0.765. The molecule has 2 aromatic carbocycles. The Labute approximate surface area is 151 Å². The van der Waals surface area contributed by atoms with Gasteiger partial charge in [-0.25, -0.2) is 9.69 Å². The molecular weight excluding hydrogens is 338 g/mol. The fraction of sp³-hybridized carbons (Fsp3) is 0.200. The highest BCUT2D eigenvalue weighted by Crippen LogP contribution is 2.38. The summed E-state index contributed by atoms with van der Waals surface area (Å²) in [5.41, 5.74) is 0.933. The maximum Gasteiger partial charge on any atom is 0.422 e. The smallest absolute Gasteiger partial charge is 0.422 e. The molecule has 0 bridgehead atoms. The van der Waals surface area contributed by atoms with Crippen LogP contribution in [0.2, 0.25) is 5.02 Å². The zero-order chi connectivity index (χ0) is 18.0. The van der Waals surface area contributed by atoms with E-state index in [-0.39, 0.29) is 0 Å². The van der Waals surface area contributed by atoms with E-state index in [2.05, 4.69) is 0 Å². The maximum absolute atomic E-state index is 12.9. The molecule has 25 heavy (non-hydrogen) atoms. The molecule has 2 amide bonds. The number of benzene rings is 2. The first kappa shape index (κ1) is 17.2. The Balaban J connectivity index is 2.07. The van der Waals surface area contributed by atoms with Crippen LogP contribution >= 0.6 is 11.6 Å². The van der Waals surface area contributed by atoms with E-state index in [1.54, 1.807) is 42.5 Å². The minimum Gasteiger partial charge on any atom is -0.436 e. The van der Waals surface area contributed by atoms with Gasteiger partial charge in [-0.15, -0.1) is 0 Å². The second-order valence-electron chi connectivity index (χ2n) is 6.04. The van der Waals surface area contributed by atoms with Crippen LogP contribution in [0, 0.1) is 0 Å². The minimum absolute atomic E-state index is 0.400. The second-order valence-corrected chi connectivity index (χ2v) is 6.48. The standard InChI is InChI=1S/C20H18ClNO3/c1-3-20(2)17(13-14-9-11-16(21)12-10-14)22(19(24)25-20)18(23)15-7-5-4-6-8-15/h4-13H,3H2,1-2H3/b17-13-. The van der Waals surface area contributed by atoms with Gasteiger partial charge < -0.3 is 4.74 Å². The largest absolute Gasteiger partial charge is 0.436 e. The number of imide groups is 1. The van der Waals surface area contributed by atoms with Crippen molar-refractivity contribution in [2.24, 2.45) is 0 Å². The molecular formula is C20H18ClNO3. The van der Waals surface area contributed by atoms with E-state index in [0.717, 1.165) is 10.5 Å². The van der Waals surface area contributed by atoms with Crippen molar-refractivity contribution in [2.45, 2.75) is 25.9 Å². The third-order valence-corrected chi connectivity index (χ3v) is 4.60. The highest BCUT2D eigenvalue weighted by molar-refractivity contribution is 6.30. The third-order valence-electron chi connectivity index (χ3n) is 4.35. The van der Waals surface area contributed by atoms with E-state index < -0.39 is 17.6 Å². The lowest BCUT2D eigenvalue weighted by atomic mass is 9.96. The van der Waals surface area contributed by atoms with Crippen molar-refractivity contribution in [3.8, 4) is 0 Å². The minimum atomic E-state index is -0.860. The van der Waals surface area contributed by atoms with E-state index >= 15 is 0 Å². The Bertz CT molecular complexity index is 830. The van der Waals surface area contributed by atoms with Crippen molar-refractivity contribution in [2.75, 3.05) is 0 Å². The Kier molecular flexibility index (Phi) is 4.64. The summed E-state index contributed by atoms with van der Waals surface area (Å²) in [6, 6.07) is 15.9. The van der Waals surface area contributed by atoms with Gasteiger partial charge in [0.15, 0.2) is 5.60 Å². The molecule has 1 aliphatic rings. The third kappa shape index (κ3) is 3.30. The predicted molar refractivity (Wildman–Crippen MR) is 97.2 cm³/mol. The molecule has 0 radical (unpaired) electrons. The summed E-state index contributed by atoms with van der Waals surface area (Å²) in [4.78, 5) is 26.4. The molecule has 0 spiro atoms. The van der Waals surface area contributed by atoms with Crippen LogP contribution in [0.4, 0.5) is 4.79 Å². The molecule has 2 aromatic rings. The van der Waals surface area contributed by atoms with Gasteiger partial charge in [0.25, 0.3) is 5.91 Å². The Morgan fingerprint density at radius 2 is 1.80 bits per heavy atom. The molecule has 1 fully saturated rings. The summed E-state index contributed by atoms with van der Waals surface area (Å²) >= 11 is 5.93. The Morgan fingerprint density at radius 3 is 2.40 bits per heavy atom. The molecule has 1 unspecified atom stereocenters. The second kappa shape index (κ2) is 6.73. The van der Waals surface area contributed by atoms with Crippen LogP contribution in [0.15, 0.2) is 60.3 Å². The number of carbonyl (C=O) groups excluding carboxylic acids is 2. The first-order valence-electron chi connectivity index (χ1n) is 8.05. The highest BCUT2D eigenvalue weighted by Gasteiger charge is 2.48. The van der Waals surface area contributed by atoms with E-state index in [4.69, 9.17) is 16.3 Å². The number of halogens is 1. The van der Waals surface area contributed by atoms with Gasteiger partial charge in [0.1, 0.15) is 0 Å². The number of cyclic esters (lactones) is 1. The first-order chi connectivity index (χ1) is 11.9. The number of hydrogen-bond acceptors (Lipinski definition) is 3. The van der Waals surface area contributed by atoms with Crippen molar-refractivity contribution >= 4 is 29.7 Å². The van der Waals surface area contributed by atoms with Crippen LogP contribution in [0.25, 0.3) is 6.08 Å². The zero-order valence-electron chi connectivity index (χ0n) is 14.0. The number of rotatable bonds is 3. The lowest BCUT2D eigenvalue weighted by Gasteiger charge is -2.23. The molecule has 5 heteroatoms. The van der Waals surface area contributed by atoms with Crippen molar-refractivity contribution in [3.05, 3.63) is 76.4 Å². The van der Waals surface area contributed by atoms with E-state index in [0.29, 0.717) is 22.7 Å².